The summed E-state index contributed by atoms with van der Waals surface area (Å²) in [6.07, 6.45) is 6.08. The number of hydrogen-bond acceptors (Lipinski definition) is 6. The lowest BCUT2D eigenvalue weighted by Crippen LogP contribution is -1.98. The molecule has 0 aliphatic rings. The van der Waals surface area contributed by atoms with Gasteiger partial charge in [-0.15, -0.1) is 0 Å². The van der Waals surface area contributed by atoms with Gasteiger partial charge in [-0.05, 0) is 48.5 Å². The molecule has 31 heavy (non-hydrogen) atoms. The number of aromatic amines is 1. The fraction of sp³-hybridized carbons (Fsp3) is 0.0417. The summed E-state index contributed by atoms with van der Waals surface area (Å²) in [5.74, 6) is 1.43. The largest absolute Gasteiger partial charge is 0.464 e. The van der Waals surface area contributed by atoms with E-state index in [1.54, 1.807) is 42.8 Å². The number of nitrogens with zero attached hydrogens (tertiary/aromatic N) is 3. The van der Waals surface area contributed by atoms with Crippen LogP contribution in [0.25, 0.3) is 11.0 Å². The number of nitriles is 1. The Morgan fingerprint density at radius 3 is 2.81 bits per heavy atom. The van der Waals surface area contributed by atoms with Crippen molar-refractivity contribution >= 4 is 22.6 Å². The van der Waals surface area contributed by atoms with Crippen LogP contribution in [0.2, 0.25) is 0 Å². The summed E-state index contributed by atoms with van der Waals surface area (Å²) in [6.45, 7) is 0. The molecule has 3 aromatic heterocycles. The van der Waals surface area contributed by atoms with E-state index in [0.29, 0.717) is 23.1 Å². The molecule has 150 valence electrons. The Hall–Kier alpha value is -4.57. The molecule has 0 bridgehead atoms. The second kappa shape index (κ2) is 8.05. The molecule has 3 heterocycles. The highest BCUT2D eigenvalue weighted by molar-refractivity contribution is 5.82. The quantitative estimate of drug-likeness (QED) is 0.383. The number of rotatable bonds is 6. The fourth-order valence-electron chi connectivity index (χ4n) is 3.28. The molecule has 0 atom stereocenters. The molecule has 5 rings (SSSR count). The Balaban J connectivity index is 1.32. The minimum absolute atomic E-state index is 0.398. The number of H-pyrrole nitrogens is 1. The molecule has 0 amide bonds. The van der Waals surface area contributed by atoms with E-state index in [-0.39, 0.29) is 0 Å². The normalized spacial score (nSPS) is 10.7. The number of ether oxygens (including phenoxy) is 1. The predicted octanol–water partition coefficient (Wildman–Crippen LogP) is 5.55. The number of hydrogen-bond donors (Lipinski definition) is 2. The van der Waals surface area contributed by atoms with Crippen LogP contribution in [0.1, 0.15) is 16.8 Å². The van der Waals surface area contributed by atoms with Crippen molar-refractivity contribution in [1.29, 1.82) is 5.26 Å². The van der Waals surface area contributed by atoms with Gasteiger partial charge in [0, 0.05) is 53.3 Å². The average Bonchev–Trinajstić information content (AvgIpc) is 3.45. The third-order valence-electron chi connectivity index (χ3n) is 4.79. The molecule has 0 unspecified atom stereocenters. The zero-order valence-electron chi connectivity index (χ0n) is 16.4. The van der Waals surface area contributed by atoms with E-state index in [4.69, 9.17) is 14.4 Å². The van der Waals surface area contributed by atoms with Gasteiger partial charge in [-0.25, -0.2) is 4.98 Å². The zero-order chi connectivity index (χ0) is 21.0. The maximum atomic E-state index is 8.90. The minimum atomic E-state index is 0.398. The van der Waals surface area contributed by atoms with Crippen LogP contribution in [0, 0.1) is 11.3 Å². The highest BCUT2D eigenvalue weighted by Crippen LogP contribution is 2.29. The third kappa shape index (κ3) is 4.09. The van der Waals surface area contributed by atoms with Gasteiger partial charge in [-0.3, -0.25) is 0 Å². The highest BCUT2D eigenvalue weighted by atomic mass is 16.5. The van der Waals surface area contributed by atoms with Crippen LogP contribution < -0.4 is 10.1 Å². The van der Waals surface area contributed by atoms with Crippen molar-refractivity contribution in [3.63, 3.8) is 0 Å². The number of fused-ring (bicyclic) bond motifs is 1. The second-order valence-corrected chi connectivity index (χ2v) is 6.93. The van der Waals surface area contributed by atoms with E-state index < -0.39 is 0 Å². The Kier molecular flexibility index (Phi) is 4.79. The van der Waals surface area contributed by atoms with Gasteiger partial charge in [0.25, 0.3) is 0 Å². The first kappa shape index (κ1) is 18.5. The molecule has 0 aliphatic heterocycles. The molecule has 0 fully saturated rings. The molecule has 0 saturated carbocycles. The van der Waals surface area contributed by atoms with Crippen LogP contribution in [-0.2, 0) is 6.42 Å². The average molecular weight is 407 g/mol. The Bertz CT molecular complexity index is 1370. The van der Waals surface area contributed by atoms with Crippen LogP contribution in [0.15, 0.2) is 83.7 Å². The van der Waals surface area contributed by atoms with E-state index >= 15 is 0 Å². The van der Waals surface area contributed by atoms with Gasteiger partial charge < -0.3 is 19.5 Å². The molecular weight excluding hydrogens is 390 g/mol. The molecule has 0 spiro atoms. The van der Waals surface area contributed by atoms with E-state index in [9.17, 15) is 0 Å². The lowest BCUT2D eigenvalue weighted by molar-refractivity contribution is 0.462. The fourth-order valence-corrected chi connectivity index (χ4v) is 3.28. The zero-order valence-corrected chi connectivity index (χ0v) is 16.4. The minimum Gasteiger partial charge on any atom is -0.464 e. The monoisotopic (exact) mass is 407 g/mol. The highest BCUT2D eigenvalue weighted by Gasteiger charge is 2.10. The van der Waals surface area contributed by atoms with Gasteiger partial charge in [0.1, 0.15) is 11.3 Å². The Labute approximate surface area is 178 Å². The molecule has 0 radical (unpaired) electrons. The second-order valence-electron chi connectivity index (χ2n) is 6.93. The lowest BCUT2D eigenvalue weighted by atomic mass is 10.1. The van der Waals surface area contributed by atoms with Crippen molar-refractivity contribution in [2.45, 2.75) is 6.42 Å². The molecule has 0 saturated heterocycles. The van der Waals surface area contributed by atoms with Crippen LogP contribution in [-0.4, -0.2) is 15.0 Å². The summed E-state index contributed by atoms with van der Waals surface area (Å²) >= 11 is 0. The van der Waals surface area contributed by atoms with Crippen molar-refractivity contribution in [2.75, 3.05) is 5.32 Å². The summed E-state index contributed by atoms with van der Waals surface area (Å²) in [4.78, 5) is 11.8. The molecule has 7 nitrogen and oxygen atoms in total. The molecular formula is C24H17N5O2. The van der Waals surface area contributed by atoms with Crippen LogP contribution >= 0.6 is 0 Å². The van der Waals surface area contributed by atoms with Crippen molar-refractivity contribution < 1.29 is 9.15 Å². The van der Waals surface area contributed by atoms with Crippen molar-refractivity contribution in [1.82, 2.24) is 15.0 Å². The van der Waals surface area contributed by atoms with Gasteiger partial charge >= 0.3 is 0 Å². The summed E-state index contributed by atoms with van der Waals surface area (Å²) in [6, 6.07) is 20.6. The van der Waals surface area contributed by atoms with Crippen LogP contribution in [0.3, 0.4) is 0 Å². The first-order valence-corrected chi connectivity index (χ1v) is 9.67. The predicted molar refractivity (Wildman–Crippen MR) is 116 cm³/mol. The summed E-state index contributed by atoms with van der Waals surface area (Å²) < 4.78 is 11.7. The standard InChI is InChI=1S/C24H17N5O2/c25-14-16-3-5-18(6-4-16)28-24-27-11-9-23(29-24)31-20-7-8-21-17(15-30-22(21)13-20)12-19-2-1-10-26-19/h1-11,13,15,26H,12H2,(H,27,28,29). The first-order valence-electron chi connectivity index (χ1n) is 9.67. The Morgan fingerprint density at radius 1 is 1.10 bits per heavy atom. The number of anilines is 2. The first-order chi connectivity index (χ1) is 15.3. The van der Waals surface area contributed by atoms with Gasteiger partial charge in [-0.2, -0.15) is 10.2 Å². The third-order valence-corrected chi connectivity index (χ3v) is 4.79. The number of aromatic nitrogens is 3. The summed E-state index contributed by atoms with van der Waals surface area (Å²) in [5.41, 5.74) is 4.37. The van der Waals surface area contributed by atoms with Gasteiger partial charge in [0.05, 0.1) is 17.9 Å². The molecule has 2 aromatic carbocycles. The topological polar surface area (TPSA) is 99.8 Å². The maximum Gasteiger partial charge on any atom is 0.230 e. The summed E-state index contributed by atoms with van der Waals surface area (Å²) in [7, 11) is 0. The van der Waals surface area contributed by atoms with Crippen molar-refractivity contribution in [2.24, 2.45) is 0 Å². The van der Waals surface area contributed by atoms with Gasteiger partial charge in [0.2, 0.25) is 11.8 Å². The van der Waals surface area contributed by atoms with Crippen molar-refractivity contribution in [3.05, 3.63) is 96.1 Å². The summed E-state index contributed by atoms with van der Waals surface area (Å²) in [5, 5.41) is 13.1. The van der Waals surface area contributed by atoms with E-state index in [1.165, 1.54) is 0 Å². The molecule has 0 aliphatic carbocycles. The van der Waals surface area contributed by atoms with Crippen LogP contribution in [0.5, 0.6) is 11.6 Å². The maximum absolute atomic E-state index is 8.90. The van der Waals surface area contributed by atoms with E-state index in [1.807, 2.05) is 30.5 Å². The SMILES string of the molecule is N#Cc1ccc(Nc2nccc(Oc3ccc4c(Cc5ccc[nH]5)coc4c3)n2)cc1. The van der Waals surface area contributed by atoms with Gasteiger partial charge in [-0.1, -0.05) is 0 Å². The smallest absolute Gasteiger partial charge is 0.230 e. The van der Waals surface area contributed by atoms with E-state index in [0.717, 1.165) is 34.3 Å². The number of benzene rings is 2. The molecule has 7 heteroatoms. The number of furan rings is 1. The number of nitrogens with one attached hydrogen (secondary N) is 2. The Morgan fingerprint density at radius 2 is 2.00 bits per heavy atom. The molecule has 2 N–H and O–H groups in total. The van der Waals surface area contributed by atoms with Crippen molar-refractivity contribution in [3.8, 4) is 17.7 Å². The van der Waals surface area contributed by atoms with E-state index in [2.05, 4.69) is 32.4 Å². The molecule has 5 aromatic rings. The lowest BCUT2D eigenvalue weighted by Gasteiger charge is -2.08. The van der Waals surface area contributed by atoms with Gasteiger partial charge in [0.15, 0.2) is 0 Å². The van der Waals surface area contributed by atoms with Crippen LogP contribution in [0.4, 0.5) is 11.6 Å².